The second-order valence-electron chi connectivity index (χ2n) is 4.93. The molecule has 1 amide bonds. The topological polar surface area (TPSA) is 79.3 Å². The number of aromatic nitrogens is 1. The fourth-order valence-corrected chi connectivity index (χ4v) is 2.00. The van der Waals surface area contributed by atoms with Gasteiger partial charge < -0.3 is 10.4 Å². The highest BCUT2D eigenvalue weighted by atomic mass is 16.4. The summed E-state index contributed by atoms with van der Waals surface area (Å²) >= 11 is 0. The number of rotatable bonds is 8. The summed E-state index contributed by atoms with van der Waals surface area (Å²) in [4.78, 5) is 26.9. The van der Waals surface area contributed by atoms with E-state index in [0.717, 1.165) is 19.3 Å². The number of nitrogens with zero attached hydrogens (tertiary/aromatic N) is 1. The molecule has 1 rings (SSSR count). The third-order valence-corrected chi connectivity index (χ3v) is 3.12. The molecule has 0 fully saturated rings. The molecule has 0 radical (unpaired) electrons. The van der Waals surface area contributed by atoms with E-state index in [2.05, 4.69) is 17.2 Å². The summed E-state index contributed by atoms with van der Waals surface area (Å²) in [5.41, 5.74) is -0.0939. The lowest BCUT2D eigenvalue weighted by molar-refractivity contribution is 0.0689. The number of pyridine rings is 1. The molecule has 5 nitrogen and oxygen atoms in total. The molecule has 1 aromatic heterocycles. The maximum Gasteiger partial charge on any atom is 0.338 e. The first-order valence-electron chi connectivity index (χ1n) is 7.05. The molecular formula is C15H22N2O3. The maximum absolute atomic E-state index is 12.0. The number of carbonyl (C=O) groups is 2. The zero-order chi connectivity index (χ0) is 15.0. The molecule has 1 unspecified atom stereocenters. The van der Waals surface area contributed by atoms with Crippen LogP contribution in [0, 0.1) is 0 Å². The highest BCUT2D eigenvalue weighted by molar-refractivity contribution is 6.03. The first-order valence-corrected chi connectivity index (χ1v) is 7.05. The van der Waals surface area contributed by atoms with Crippen LogP contribution < -0.4 is 5.32 Å². The minimum Gasteiger partial charge on any atom is -0.478 e. The van der Waals surface area contributed by atoms with Crippen LogP contribution in [-0.2, 0) is 0 Å². The Hall–Kier alpha value is -1.91. The maximum atomic E-state index is 12.0. The number of amides is 1. The molecule has 1 aromatic rings. The van der Waals surface area contributed by atoms with Crippen molar-refractivity contribution in [2.75, 3.05) is 0 Å². The number of nitrogens with one attached hydrogen (secondary N) is 1. The zero-order valence-corrected chi connectivity index (χ0v) is 12.1. The fourth-order valence-electron chi connectivity index (χ4n) is 2.00. The van der Waals surface area contributed by atoms with E-state index < -0.39 is 11.9 Å². The van der Waals surface area contributed by atoms with Gasteiger partial charge in [0.1, 0.15) is 5.69 Å². The molecule has 0 aliphatic heterocycles. The van der Waals surface area contributed by atoms with Gasteiger partial charge in [0, 0.05) is 12.2 Å². The number of hydrogen-bond acceptors (Lipinski definition) is 3. The Balaban J connectivity index is 2.56. The molecule has 110 valence electrons. The molecule has 0 aliphatic rings. The second kappa shape index (κ2) is 8.30. The number of carboxylic acid groups (broad SMARTS) is 1. The van der Waals surface area contributed by atoms with Crippen molar-refractivity contribution in [2.24, 2.45) is 0 Å². The average molecular weight is 278 g/mol. The third-order valence-electron chi connectivity index (χ3n) is 3.12. The van der Waals surface area contributed by atoms with Crippen LogP contribution in [-0.4, -0.2) is 28.0 Å². The molecule has 0 saturated heterocycles. The van der Waals surface area contributed by atoms with Crippen LogP contribution in [0.25, 0.3) is 0 Å². The first-order chi connectivity index (χ1) is 9.56. The lowest BCUT2D eigenvalue weighted by Crippen LogP contribution is -2.34. The Labute approximate surface area is 119 Å². The van der Waals surface area contributed by atoms with E-state index in [4.69, 9.17) is 5.11 Å². The molecule has 1 heterocycles. The Kier molecular flexibility index (Phi) is 6.70. The quantitative estimate of drug-likeness (QED) is 0.717. The van der Waals surface area contributed by atoms with Gasteiger partial charge in [-0.1, -0.05) is 32.6 Å². The number of unbranched alkanes of at least 4 members (excludes halogenated alkanes) is 3. The van der Waals surface area contributed by atoms with Crippen molar-refractivity contribution in [1.82, 2.24) is 10.3 Å². The summed E-state index contributed by atoms with van der Waals surface area (Å²) in [5, 5.41) is 11.8. The predicted molar refractivity (Wildman–Crippen MR) is 76.9 cm³/mol. The minimum atomic E-state index is -1.14. The van der Waals surface area contributed by atoms with E-state index in [9.17, 15) is 9.59 Å². The summed E-state index contributed by atoms with van der Waals surface area (Å²) in [7, 11) is 0. The van der Waals surface area contributed by atoms with Crippen molar-refractivity contribution in [1.29, 1.82) is 0 Å². The smallest absolute Gasteiger partial charge is 0.338 e. The molecule has 0 aliphatic carbocycles. The van der Waals surface area contributed by atoms with Gasteiger partial charge in [0.25, 0.3) is 5.91 Å². The van der Waals surface area contributed by atoms with Gasteiger partial charge >= 0.3 is 5.97 Å². The normalized spacial score (nSPS) is 11.9. The van der Waals surface area contributed by atoms with E-state index in [1.165, 1.54) is 31.2 Å². The SMILES string of the molecule is CCCCCCC(C)NC(=O)c1ncccc1C(=O)O. The van der Waals surface area contributed by atoms with Gasteiger partial charge in [-0.15, -0.1) is 0 Å². The Morgan fingerprint density at radius 3 is 2.75 bits per heavy atom. The van der Waals surface area contributed by atoms with E-state index in [1.54, 1.807) is 0 Å². The molecule has 0 bridgehead atoms. The summed E-state index contributed by atoms with van der Waals surface area (Å²) in [5.74, 6) is -1.56. The Morgan fingerprint density at radius 2 is 2.10 bits per heavy atom. The number of aromatic carboxylic acids is 1. The molecule has 0 aromatic carbocycles. The molecule has 0 saturated carbocycles. The van der Waals surface area contributed by atoms with Crippen molar-refractivity contribution in [2.45, 2.75) is 52.0 Å². The summed E-state index contributed by atoms with van der Waals surface area (Å²) in [6.07, 6.45) is 6.90. The highest BCUT2D eigenvalue weighted by Crippen LogP contribution is 2.08. The molecule has 2 N–H and O–H groups in total. The van der Waals surface area contributed by atoms with Crippen LogP contribution in [0.4, 0.5) is 0 Å². The average Bonchev–Trinajstić information content (AvgIpc) is 2.43. The number of hydrogen-bond donors (Lipinski definition) is 2. The van der Waals surface area contributed by atoms with Crippen LogP contribution in [0.5, 0.6) is 0 Å². The zero-order valence-electron chi connectivity index (χ0n) is 12.1. The number of carbonyl (C=O) groups excluding carboxylic acids is 1. The molecular weight excluding hydrogens is 256 g/mol. The van der Waals surface area contributed by atoms with Crippen LogP contribution in [0.2, 0.25) is 0 Å². The third kappa shape index (κ3) is 4.99. The van der Waals surface area contributed by atoms with Gasteiger partial charge in [-0.3, -0.25) is 9.78 Å². The predicted octanol–water partition coefficient (Wildman–Crippen LogP) is 2.87. The molecule has 0 spiro atoms. The number of carboxylic acids is 1. The van der Waals surface area contributed by atoms with Crippen LogP contribution in [0.3, 0.4) is 0 Å². The van der Waals surface area contributed by atoms with Gasteiger partial charge in [0.15, 0.2) is 0 Å². The van der Waals surface area contributed by atoms with Crippen molar-refractivity contribution in [3.8, 4) is 0 Å². The van der Waals surface area contributed by atoms with Crippen molar-refractivity contribution >= 4 is 11.9 Å². The fraction of sp³-hybridized carbons (Fsp3) is 0.533. The standard InChI is InChI=1S/C15H22N2O3/c1-3-4-5-6-8-11(2)17-14(18)13-12(15(19)20)9-7-10-16-13/h7,9-11H,3-6,8H2,1-2H3,(H,17,18)(H,19,20). The van der Waals surface area contributed by atoms with Gasteiger partial charge in [0.05, 0.1) is 5.56 Å². The van der Waals surface area contributed by atoms with Crippen molar-refractivity contribution < 1.29 is 14.7 Å². The minimum absolute atomic E-state index is 0.0167. The van der Waals surface area contributed by atoms with Gasteiger partial charge in [-0.05, 0) is 25.5 Å². The van der Waals surface area contributed by atoms with E-state index in [-0.39, 0.29) is 17.3 Å². The largest absolute Gasteiger partial charge is 0.478 e. The lowest BCUT2D eigenvalue weighted by Gasteiger charge is -2.14. The molecule has 1 atom stereocenters. The molecule has 5 heteroatoms. The van der Waals surface area contributed by atoms with Gasteiger partial charge in [-0.2, -0.15) is 0 Å². The second-order valence-corrected chi connectivity index (χ2v) is 4.93. The summed E-state index contributed by atoms with van der Waals surface area (Å²) in [6, 6.07) is 2.91. The van der Waals surface area contributed by atoms with E-state index in [1.807, 2.05) is 6.92 Å². The summed E-state index contributed by atoms with van der Waals surface area (Å²) < 4.78 is 0. The van der Waals surface area contributed by atoms with Crippen molar-refractivity contribution in [3.05, 3.63) is 29.6 Å². The van der Waals surface area contributed by atoms with Crippen molar-refractivity contribution in [3.63, 3.8) is 0 Å². The highest BCUT2D eigenvalue weighted by Gasteiger charge is 2.18. The first kappa shape index (κ1) is 16.1. The monoisotopic (exact) mass is 278 g/mol. The summed E-state index contributed by atoms with van der Waals surface area (Å²) in [6.45, 7) is 4.08. The Morgan fingerprint density at radius 1 is 1.35 bits per heavy atom. The van der Waals surface area contributed by atoms with E-state index >= 15 is 0 Å². The Bertz CT molecular complexity index is 460. The van der Waals surface area contributed by atoms with Crippen LogP contribution in [0.15, 0.2) is 18.3 Å². The van der Waals surface area contributed by atoms with Crippen LogP contribution in [0.1, 0.15) is 66.8 Å². The molecule has 20 heavy (non-hydrogen) atoms. The van der Waals surface area contributed by atoms with Crippen LogP contribution >= 0.6 is 0 Å². The lowest BCUT2D eigenvalue weighted by atomic mass is 10.1. The van der Waals surface area contributed by atoms with Gasteiger partial charge in [0.2, 0.25) is 0 Å². The van der Waals surface area contributed by atoms with Gasteiger partial charge in [-0.25, -0.2) is 4.79 Å². The van der Waals surface area contributed by atoms with E-state index in [0.29, 0.717) is 0 Å².